The minimum absolute atomic E-state index is 0.693. The van der Waals surface area contributed by atoms with Gasteiger partial charge in [0, 0.05) is 17.1 Å². The highest BCUT2D eigenvalue weighted by atomic mass is 32.2. The van der Waals surface area contributed by atoms with E-state index in [-0.39, 0.29) is 0 Å². The van der Waals surface area contributed by atoms with Gasteiger partial charge in [-0.15, -0.1) is 0 Å². The Balaban J connectivity index is 1.88. The molecule has 0 spiro atoms. The summed E-state index contributed by atoms with van der Waals surface area (Å²) >= 11 is 1.96. The van der Waals surface area contributed by atoms with E-state index in [9.17, 15) is 0 Å². The molecule has 0 saturated carbocycles. The highest BCUT2D eigenvalue weighted by Gasteiger charge is 2.20. The summed E-state index contributed by atoms with van der Waals surface area (Å²) < 4.78 is 0. The van der Waals surface area contributed by atoms with Crippen molar-refractivity contribution >= 4 is 11.8 Å². The van der Waals surface area contributed by atoms with Crippen molar-refractivity contribution in [1.82, 2.24) is 15.3 Å². The molecule has 0 amide bonds. The number of rotatable bonds is 8. The molecule has 0 aromatic carbocycles. The summed E-state index contributed by atoms with van der Waals surface area (Å²) in [5.41, 5.74) is 2.68. The van der Waals surface area contributed by atoms with Crippen molar-refractivity contribution < 1.29 is 0 Å². The molecule has 1 aliphatic rings. The summed E-state index contributed by atoms with van der Waals surface area (Å²) in [6.45, 7) is 9.00. The lowest BCUT2D eigenvalue weighted by Gasteiger charge is -2.24. The number of fused-ring (bicyclic) bond motifs is 1. The zero-order valence-electron chi connectivity index (χ0n) is 13.7. The fraction of sp³-hybridized carbons (Fsp3) is 0.765. The van der Waals surface area contributed by atoms with E-state index in [0.717, 1.165) is 43.4 Å². The first-order valence-electron chi connectivity index (χ1n) is 8.38. The standard InChI is InChI=1S/C17H29N3S/c1-4-8-18-10-14-6-7-16-15(9-14)11-19-17(20-16)12-21-13(3)5-2/h11,13-14,18H,4-10,12H2,1-3H3. The minimum atomic E-state index is 0.693. The normalized spacial score (nSPS) is 19.3. The second-order valence-electron chi connectivity index (χ2n) is 6.10. The molecule has 1 N–H and O–H groups in total. The van der Waals surface area contributed by atoms with Crippen LogP contribution in [0.3, 0.4) is 0 Å². The van der Waals surface area contributed by atoms with E-state index in [0.29, 0.717) is 5.25 Å². The Morgan fingerprint density at radius 1 is 1.43 bits per heavy atom. The van der Waals surface area contributed by atoms with Crippen LogP contribution in [-0.4, -0.2) is 28.3 Å². The van der Waals surface area contributed by atoms with Crippen molar-refractivity contribution in [2.45, 2.75) is 63.9 Å². The average molecular weight is 308 g/mol. The third kappa shape index (κ3) is 5.26. The SMILES string of the molecule is CCCNCC1CCc2nc(CSC(C)CC)ncc2C1. The molecule has 0 bridgehead atoms. The highest BCUT2D eigenvalue weighted by Crippen LogP contribution is 2.25. The first-order chi connectivity index (χ1) is 10.2. The van der Waals surface area contributed by atoms with Gasteiger partial charge in [-0.2, -0.15) is 11.8 Å². The maximum atomic E-state index is 4.80. The van der Waals surface area contributed by atoms with Gasteiger partial charge in [-0.3, -0.25) is 0 Å². The lowest BCUT2D eigenvalue weighted by molar-refractivity contribution is 0.419. The Labute approximate surface area is 133 Å². The van der Waals surface area contributed by atoms with E-state index >= 15 is 0 Å². The third-order valence-corrected chi connectivity index (χ3v) is 5.56. The Hall–Kier alpha value is -0.610. The first kappa shape index (κ1) is 16.8. The number of hydrogen-bond acceptors (Lipinski definition) is 4. The summed E-state index contributed by atoms with van der Waals surface area (Å²) in [4.78, 5) is 9.37. The second kappa shape index (κ2) is 8.74. The highest BCUT2D eigenvalue weighted by molar-refractivity contribution is 7.99. The maximum absolute atomic E-state index is 4.80. The third-order valence-electron chi connectivity index (χ3n) is 4.23. The summed E-state index contributed by atoms with van der Waals surface area (Å²) in [7, 11) is 0. The number of hydrogen-bond donors (Lipinski definition) is 1. The van der Waals surface area contributed by atoms with E-state index in [2.05, 4.69) is 37.3 Å². The van der Waals surface area contributed by atoms with Gasteiger partial charge in [0.15, 0.2) is 0 Å². The van der Waals surface area contributed by atoms with Crippen LogP contribution < -0.4 is 5.32 Å². The second-order valence-corrected chi connectivity index (χ2v) is 7.53. The topological polar surface area (TPSA) is 37.8 Å². The molecular weight excluding hydrogens is 278 g/mol. The predicted molar refractivity (Wildman–Crippen MR) is 91.8 cm³/mol. The van der Waals surface area contributed by atoms with Crippen molar-refractivity contribution in [3.05, 3.63) is 23.3 Å². The molecule has 1 aromatic heterocycles. The first-order valence-corrected chi connectivity index (χ1v) is 9.43. The number of thioether (sulfide) groups is 1. The van der Waals surface area contributed by atoms with Crippen LogP contribution in [0.2, 0.25) is 0 Å². The predicted octanol–water partition coefficient (Wildman–Crippen LogP) is 3.61. The molecule has 0 radical (unpaired) electrons. The van der Waals surface area contributed by atoms with Crippen molar-refractivity contribution in [3.63, 3.8) is 0 Å². The summed E-state index contributed by atoms with van der Waals surface area (Å²) in [6, 6.07) is 0. The summed E-state index contributed by atoms with van der Waals surface area (Å²) in [5.74, 6) is 2.72. The zero-order chi connectivity index (χ0) is 15.1. The molecule has 118 valence electrons. The van der Waals surface area contributed by atoms with Crippen LogP contribution in [-0.2, 0) is 18.6 Å². The molecule has 2 unspecified atom stereocenters. The van der Waals surface area contributed by atoms with Gasteiger partial charge in [0.1, 0.15) is 5.82 Å². The molecule has 0 fully saturated rings. The zero-order valence-corrected chi connectivity index (χ0v) is 14.5. The quantitative estimate of drug-likeness (QED) is 0.745. The van der Waals surface area contributed by atoms with Crippen molar-refractivity contribution in [1.29, 1.82) is 0 Å². The van der Waals surface area contributed by atoms with Gasteiger partial charge < -0.3 is 5.32 Å². The molecular formula is C17H29N3S. The smallest absolute Gasteiger partial charge is 0.138 e. The molecule has 1 aliphatic carbocycles. The van der Waals surface area contributed by atoms with E-state index < -0.39 is 0 Å². The molecule has 2 atom stereocenters. The molecule has 1 heterocycles. The molecule has 1 aromatic rings. The lowest BCUT2D eigenvalue weighted by Crippen LogP contribution is -2.28. The monoisotopic (exact) mass is 307 g/mol. The Kier molecular flexibility index (Phi) is 6.97. The lowest BCUT2D eigenvalue weighted by atomic mass is 9.87. The largest absolute Gasteiger partial charge is 0.316 e. The fourth-order valence-electron chi connectivity index (χ4n) is 2.69. The van der Waals surface area contributed by atoms with Crippen molar-refractivity contribution in [3.8, 4) is 0 Å². The summed E-state index contributed by atoms with van der Waals surface area (Å²) in [5, 5.41) is 4.24. The molecule has 21 heavy (non-hydrogen) atoms. The van der Waals surface area contributed by atoms with Gasteiger partial charge in [0.25, 0.3) is 0 Å². The van der Waals surface area contributed by atoms with Crippen LogP contribution in [0.5, 0.6) is 0 Å². The van der Waals surface area contributed by atoms with Gasteiger partial charge in [-0.1, -0.05) is 20.8 Å². The Morgan fingerprint density at radius 2 is 2.29 bits per heavy atom. The van der Waals surface area contributed by atoms with E-state index in [4.69, 9.17) is 4.98 Å². The molecule has 0 aliphatic heterocycles. The van der Waals surface area contributed by atoms with E-state index in [1.54, 1.807) is 0 Å². The number of aryl methyl sites for hydroxylation is 1. The van der Waals surface area contributed by atoms with Gasteiger partial charge in [0.05, 0.1) is 5.75 Å². The maximum Gasteiger partial charge on any atom is 0.138 e. The van der Waals surface area contributed by atoms with Gasteiger partial charge >= 0.3 is 0 Å². The molecule has 3 nitrogen and oxygen atoms in total. The number of aromatic nitrogens is 2. The molecule has 0 saturated heterocycles. The van der Waals surface area contributed by atoms with E-state index in [1.165, 1.54) is 30.5 Å². The Morgan fingerprint density at radius 3 is 3.05 bits per heavy atom. The van der Waals surface area contributed by atoms with Gasteiger partial charge in [-0.25, -0.2) is 9.97 Å². The summed E-state index contributed by atoms with van der Waals surface area (Å²) in [6.07, 6.45) is 8.04. The van der Waals surface area contributed by atoms with Crippen LogP contribution in [0.1, 0.15) is 57.1 Å². The van der Waals surface area contributed by atoms with Gasteiger partial charge in [0.2, 0.25) is 0 Å². The van der Waals surface area contributed by atoms with Crippen molar-refractivity contribution in [2.75, 3.05) is 13.1 Å². The molecule has 4 heteroatoms. The van der Waals surface area contributed by atoms with E-state index in [1.807, 2.05) is 11.8 Å². The Bertz CT molecular complexity index is 436. The van der Waals surface area contributed by atoms with Crippen LogP contribution >= 0.6 is 11.8 Å². The minimum Gasteiger partial charge on any atom is -0.316 e. The van der Waals surface area contributed by atoms with Crippen LogP contribution in [0.15, 0.2) is 6.20 Å². The van der Waals surface area contributed by atoms with Gasteiger partial charge in [-0.05, 0) is 56.7 Å². The van der Waals surface area contributed by atoms with Crippen LogP contribution in [0.4, 0.5) is 0 Å². The van der Waals surface area contributed by atoms with Crippen molar-refractivity contribution in [2.24, 2.45) is 5.92 Å². The van der Waals surface area contributed by atoms with Crippen LogP contribution in [0.25, 0.3) is 0 Å². The molecule has 2 rings (SSSR count). The fourth-order valence-corrected chi connectivity index (χ4v) is 3.49. The number of nitrogens with one attached hydrogen (secondary N) is 1. The van der Waals surface area contributed by atoms with Crippen LogP contribution in [0, 0.1) is 5.92 Å². The average Bonchev–Trinajstić information content (AvgIpc) is 2.52. The number of nitrogens with zero attached hydrogens (tertiary/aromatic N) is 2.